The predicted molar refractivity (Wildman–Crippen MR) is 131 cm³/mol. The van der Waals surface area contributed by atoms with Crippen LogP contribution in [0.3, 0.4) is 0 Å². The van der Waals surface area contributed by atoms with Crippen molar-refractivity contribution in [3.8, 4) is 5.75 Å². The molecule has 0 saturated carbocycles. The molecule has 3 aromatic rings. The van der Waals surface area contributed by atoms with Crippen molar-refractivity contribution >= 4 is 41.5 Å². The SMILES string of the molecule is Cc1c(C)c2ccc(O)c(CNc3ccc(CN4CCCCC4)cc3)c2oc1=O.Cl.Cl. The Balaban J connectivity index is 0.00000171. The number of benzene rings is 2. The molecular weight excluding hydrogens is 435 g/mol. The molecule has 0 bridgehead atoms. The van der Waals surface area contributed by atoms with Crippen molar-refractivity contribution in [2.45, 2.75) is 46.2 Å². The molecule has 0 spiro atoms. The van der Waals surface area contributed by atoms with Crippen LogP contribution in [0.5, 0.6) is 5.75 Å². The van der Waals surface area contributed by atoms with Crippen molar-refractivity contribution in [3.05, 3.63) is 69.1 Å². The normalized spacial score (nSPS) is 14.0. The van der Waals surface area contributed by atoms with Crippen molar-refractivity contribution in [3.63, 3.8) is 0 Å². The number of piperidine rings is 1. The molecule has 2 heterocycles. The standard InChI is InChI=1S/C24H28N2O3.2ClH/c1-16-17(2)24(28)29-23-20(16)10-11-22(27)21(23)14-25-19-8-6-18(7-9-19)15-26-12-4-3-5-13-26;;/h6-11,25,27H,3-5,12-15H2,1-2H3;2*1H. The molecule has 2 N–H and O–H groups in total. The summed E-state index contributed by atoms with van der Waals surface area (Å²) in [7, 11) is 0. The minimum atomic E-state index is -0.357. The van der Waals surface area contributed by atoms with Gasteiger partial charge in [-0.15, -0.1) is 24.8 Å². The second-order valence-electron chi connectivity index (χ2n) is 7.97. The molecule has 1 fully saturated rings. The third kappa shape index (κ3) is 5.53. The Hall–Kier alpha value is -2.21. The van der Waals surface area contributed by atoms with E-state index in [2.05, 4.69) is 34.5 Å². The van der Waals surface area contributed by atoms with E-state index in [1.807, 2.05) is 6.92 Å². The van der Waals surface area contributed by atoms with Crippen molar-refractivity contribution < 1.29 is 9.52 Å². The first kappa shape index (κ1) is 25.1. The molecule has 31 heavy (non-hydrogen) atoms. The first-order chi connectivity index (χ1) is 14.0. The van der Waals surface area contributed by atoms with Crippen LogP contribution in [-0.2, 0) is 13.1 Å². The molecule has 0 radical (unpaired) electrons. The van der Waals surface area contributed by atoms with Crippen LogP contribution in [0.25, 0.3) is 11.0 Å². The summed E-state index contributed by atoms with van der Waals surface area (Å²) in [5, 5.41) is 14.6. The molecule has 168 valence electrons. The van der Waals surface area contributed by atoms with Gasteiger partial charge in [-0.05, 0) is 75.2 Å². The number of nitrogens with zero attached hydrogens (tertiary/aromatic N) is 1. The van der Waals surface area contributed by atoms with E-state index in [9.17, 15) is 9.90 Å². The summed E-state index contributed by atoms with van der Waals surface area (Å²) in [4.78, 5) is 14.6. The van der Waals surface area contributed by atoms with E-state index in [0.29, 0.717) is 23.3 Å². The van der Waals surface area contributed by atoms with Gasteiger partial charge in [0.1, 0.15) is 11.3 Å². The van der Waals surface area contributed by atoms with Crippen molar-refractivity contribution in [1.82, 2.24) is 4.90 Å². The Labute approximate surface area is 195 Å². The smallest absolute Gasteiger partial charge is 0.339 e. The fourth-order valence-corrected chi connectivity index (χ4v) is 4.02. The van der Waals surface area contributed by atoms with Crippen molar-refractivity contribution in [2.24, 2.45) is 0 Å². The fourth-order valence-electron chi connectivity index (χ4n) is 4.02. The maximum absolute atomic E-state index is 12.1. The van der Waals surface area contributed by atoms with Gasteiger partial charge in [-0.1, -0.05) is 18.6 Å². The lowest BCUT2D eigenvalue weighted by Gasteiger charge is -2.26. The Morgan fingerprint density at radius 2 is 1.65 bits per heavy atom. The number of nitrogens with one attached hydrogen (secondary N) is 1. The summed E-state index contributed by atoms with van der Waals surface area (Å²) in [5.74, 6) is 0.123. The van der Waals surface area contributed by atoms with E-state index < -0.39 is 0 Å². The minimum Gasteiger partial charge on any atom is -0.507 e. The van der Waals surface area contributed by atoms with Gasteiger partial charge in [0.2, 0.25) is 0 Å². The zero-order chi connectivity index (χ0) is 20.4. The maximum Gasteiger partial charge on any atom is 0.339 e. The molecule has 0 amide bonds. The quantitative estimate of drug-likeness (QED) is 0.484. The van der Waals surface area contributed by atoms with Crippen LogP contribution in [0.1, 0.15) is 41.5 Å². The van der Waals surface area contributed by atoms with Gasteiger partial charge in [0.05, 0.1) is 5.56 Å². The largest absolute Gasteiger partial charge is 0.507 e. The van der Waals surface area contributed by atoms with Crippen LogP contribution in [0.4, 0.5) is 5.69 Å². The summed E-state index contributed by atoms with van der Waals surface area (Å²) in [6.45, 7) is 7.41. The van der Waals surface area contributed by atoms with E-state index in [1.165, 1.54) is 37.9 Å². The number of anilines is 1. The fraction of sp³-hybridized carbons (Fsp3) is 0.375. The lowest BCUT2D eigenvalue weighted by molar-refractivity contribution is 0.221. The molecule has 1 aliphatic heterocycles. The van der Waals surface area contributed by atoms with Crippen LogP contribution < -0.4 is 10.9 Å². The van der Waals surface area contributed by atoms with E-state index in [0.717, 1.165) is 23.2 Å². The van der Waals surface area contributed by atoms with Crippen LogP contribution in [0.2, 0.25) is 0 Å². The summed E-state index contributed by atoms with van der Waals surface area (Å²) in [5.41, 5.74) is 4.46. The van der Waals surface area contributed by atoms with Gasteiger partial charge in [-0.2, -0.15) is 0 Å². The molecule has 0 atom stereocenters. The van der Waals surface area contributed by atoms with Gasteiger partial charge in [0.15, 0.2) is 0 Å². The molecule has 1 aromatic heterocycles. The lowest BCUT2D eigenvalue weighted by Crippen LogP contribution is -2.29. The highest BCUT2D eigenvalue weighted by molar-refractivity contribution is 5.86. The molecule has 2 aromatic carbocycles. The van der Waals surface area contributed by atoms with Gasteiger partial charge in [-0.3, -0.25) is 4.90 Å². The van der Waals surface area contributed by atoms with E-state index >= 15 is 0 Å². The van der Waals surface area contributed by atoms with Crippen molar-refractivity contribution in [1.29, 1.82) is 0 Å². The molecule has 0 aliphatic carbocycles. The zero-order valence-electron chi connectivity index (χ0n) is 17.9. The topological polar surface area (TPSA) is 65.7 Å². The average Bonchev–Trinajstić information content (AvgIpc) is 2.73. The number of aryl methyl sites for hydroxylation is 1. The first-order valence-electron chi connectivity index (χ1n) is 10.3. The monoisotopic (exact) mass is 464 g/mol. The molecule has 1 aliphatic rings. The van der Waals surface area contributed by atoms with Gasteiger partial charge < -0.3 is 14.8 Å². The van der Waals surface area contributed by atoms with Gasteiger partial charge in [-0.25, -0.2) is 4.79 Å². The highest BCUT2D eigenvalue weighted by atomic mass is 35.5. The second-order valence-corrected chi connectivity index (χ2v) is 7.97. The van der Waals surface area contributed by atoms with E-state index in [4.69, 9.17) is 4.42 Å². The van der Waals surface area contributed by atoms with Crippen LogP contribution in [-0.4, -0.2) is 23.1 Å². The second kappa shape index (κ2) is 10.9. The van der Waals surface area contributed by atoms with Crippen LogP contribution in [0.15, 0.2) is 45.6 Å². The summed E-state index contributed by atoms with van der Waals surface area (Å²) >= 11 is 0. The third-order valence-corrected chi connectivity index (χ3v) is 5.98. The number of rotatable bonds is 5. The molecule has 7 heteroatoms. The third-order valence-electron chi connectivity index (χ3n) is 5.98. The highest BCUT2D eigenvalue weighted by Crippen LogP contribution is 2.30. The lowest BCUT2D eigenvalue weighted by atomic mass is 10.0. The number of hydrogen-bond acceptors (Lipinski definition) is 5. The Morgan fingerprint density at radius 3 is 2.32 bits per heavy atom. The number of halogens is 2. The first-order valence-corrected chi connectivity index (χ1v) is 10.3. The van der Waals surface area contributed by atoms with Gasteiger partial charge in [0, 0.05) is 29.7 Å². The maximum atomic E-state index is 12.1. The van der Waals surface area contributed by atoms with Gasteiger partial charge >= 0.3 is 5.63 Å². The van der Waals surface area contributed by atoms with Crippen LogP contribution >= 0.6 is 24.8 Å². The minimum absolute atomic E-state index is 0. The van der Waals surface area contributed by atoms with Gasteiger partial charge in [0.25, 0.3) is 0 Å². The Morgan fingerprint density at radius 1 is 0.968 bits per heavy atom. The molecule has 1 saturated heterocycles. The average molecular weight is 465 g/mol. The Bertz CT molecular complexity index is 1070. The summed E-state index contributed by atoms with van der Waals surface area (Å²) in [6, 6.07) is 11.9. The number of phenolic OH excluding ortho intramolecular Hbond substituents is 1. The van der Waals surface area contributed by atoms with Crippen molar-refractivity contribution in [2.75, 3.05) is 18.4 Å². The predicted octanol–water partition coefficient (Wildman–Crippen LogP) is 5.56. The number of fused-ring (bicyclic) bond motifs is 1. The van der Waals surface area contributed by atoms with E-state index in [-0.39, 0.29) is 36.2 Å². The highest BCUT2D eigenvalue weighted by Gasteiger charge is 2.15. The molecular formula is C24H30Cl2N2O3. The van der Waals surface area contributed by atoms with Crippen LogP contribution in [0, 0.1) is 13.8 Å². The Kier molecular flexibility index (Phi) is 8.80. The zero-order valence-corrected chi connectivity index (χ0v) is 19.6. The summed E-state index contributed by atoms with van der Waals surface area (Å²) in [6.07, 6.45) is 3.94. The number of phenols is 1. The molecule has 0 unspecified atom stereocenters. The number of aromatic hydroxyl groups is 1. The molecule has 5 nitrogen and oxygen atoms in total. The number of hydrogen-bond donors (Lipinski definition) is 2. The summed E-state index contributed by atoms with van der Waals surface area (Å²) < 4.78 is 5.52. The van der Waals surface area contributed by atoms with E-state index in [1.54, 1.807) is 19.1 Å². The molecule has 4 rings (SSSR count). The number of likely N-dealkylation sites (tertiary alicyclic amines) is 1.